The van der Waals surface area contributed by atoms with Gasteiger partial charge in [0.25, 0.3) is 0 Å². The monoisotopic (exact) mass is 273 g/mol. The van der Waals surface area contributed by atoms with Crippen molar-refractivity contribution in [1.82, 2.24) is 4.90 Å². The summed E-state index contributed by atoms with van der Waals surface area (Å²) in [6.07, 6.45) is 0.972. The fourth-order valence-electron chi connectivity index (χ4n) is 2.76. The van der Waals surface area contributed by atoms with Crippen LogP contribution in [0.1, 0.15) is 38.8 Å². The van der Waals surface area contributed by atoms with Gasteiger partial charge in [-0.2, -0.15) is 0 Å². The highest BCUT2D eigenvalue weighted by Crippen LogP contribution is 2.38. The molecule has 0 N–H and O–H groups in total. The predicted molar refractivity (Wildman–Crippen MR) is 81.2 cm³/mol. The molecule has 0 aromatic heterocycles. The molecule has 0 fully saturated rings. The molecule has 0 aliphatic carbocycles. The molecule has 1 aliphatic rings. The Kier molecular flexibility index (Phi) is 3.89. The third-order valence-corrected chi connectivity index (χ3v) is 4.08. The van der Waals surface area contributed by atoms with E-state index in [-0.39, 0.29) is 11.5 Å². The maximum Gasteiger partial charge on any atom is 0.335 e. The van der Waals surface area contributed by atoms with Gasteiger partial charge in [0.1, 0.15) is 0 Å². The highest BCUT2D eigenvalue weighted by molar-refractivity contribution is 5.97. The Morgan fingerprint density at radius 3 is 2.65 bits per heavy atom. The number of likely N-dealkylation sites (N-methyl/N-ethyl adjacent to an activating group) is 1. The van der Waals surface area contributed by atoms with E-state index in [1.165, 1.54) is 5.56 Å². The van der Waals surface area contributed by atoms with Crippen molar-refractivity contribution in [2.24, 2.45) is 0 Å². The van der Waals surface area contributed by atoms with E-state index in [0.717, 1.165) is 17.7 Å². The first-order valence-corrected chi connectivity index (χ1v) is 7.08. The number of carbonyl (C=O) groups is 1. The van der Waals surface area contributed by atoms with E-state index < -0.39 is 0 Å². The first-order valence-electron chi connectivity index (χ1n) is 7.08. The van der Waals surface area contributed by atoms with Crippen molar-refractivity contribution in [3.05, 3.63) is 41.0 Å². The van der Waals surface area contributed by atoms with Gasteiger partial charge in [-0.05, 0) is 39.7 Å². The molecule has 108 valence electrons. The molecule has 20 heavy (non-hydrogen) atoms. The molecule has 0 unspecified atom stereocenters. The number of esters is 1. The zero-order valence-electron chi connectivity index (χ0n) is 13.0. The summed E-state index contributed by atoms with van der Waals surface area (Å²) in [7, 11) is 2.05. The number of carbonyl (C=O) groups excluding carboxylic acids is 1. The molecule has 1 aliphatic heterocycles. The standard InChI is InChI=1S/C17H23NO2/c1-6-20-16(19)12(2)15-14-10-8-7-9-13(14)11-17(3,4)18(15)5/h7-10H,6,11H2,1-5H3/b15-12+. The van der Waals surface area contributed by atoms with Crippen LogP contribution < -0.4 is 0 Å². The number of nitrogens with zero attached hydrogens (tertiary/aromatic N) is 1. The lowest BCUT2D eigenvalue weighted by Gasteiger charge is -2.44. The molecule has 1 aromatic carbocycles. The highest BCUT2D eigenvalue weighted by atomic mass is 16.5. The van der Waals surface area contributed by atoms with Crippen molar-refractivity contribution in [2.45, 2.75) is 39.7 Å². The average Bonchev–Trinajstić information content (AvgIpc) is 2.39. The summed E-state index contributed by atoms with van der Waals surface area (Å²) in [5.74, 6) is -0.234. The Morgan fingerprint density at radius 1 is 1.35 bits per heavy atom. The summed E-state index contributed by atoms with van der Waals surface area (Å²) in [5, 5.41) is 0. The highest BCUT2D eigenvalue weighted by Gasteiger charge is 2.34. The molecule has 0 saturated heterocycles. The van der Waals surface area contributed by atoms with Gasteiger partial charge in [-0.3, -0.25) is 0 Å². The number of rotatable bonds is 2. The van der Waals surface area contributed by atoms with E-state index in [1.54, 1.807) is 0 Å². The second-order valence-corrected chi connectivity index (χ2v) is 5.90. The minimum absolute atomic E-state index is 0.0164. The van der Waals surface area contributed by atoms with Gasteiger partial charge in [-0.1, -0.05) is 24.3 Å². The van der Waals surface area contributed by atoms with E-state index in [1.807, 2.05) is 27.0 Å². The van der Waals surface area contributed by atoms with Crippen molar-refractivity contribution < 1.29 is 9.53 Å². The topological polar surface area (TPSA) is 29.5 Å². The summed E-state index contributed by atoms with van der Waals surface area (Å²) in [6, 6.07) is 8.29. The third-order valence-electron chi connectivity index (χ3n) is 4.08. The van der Waals surface area contributed by atoms with E-state index in [9.17, 15) is 4.79 Å². The van der Waals surface area contributed by atoms with Crippen molar-refractivity contribution in [3.63, 3.8) is 0 Å². The molecular formula is C17H23NO2. The van der Waals surface area contributed by atoms with Crippen molar-refractivity contribution in [1.29, 1.82) is 0 Å². The van der Waals surface area contributed by atoms with Gasteiger partial charge in [0.05, 0.1) is 17.9 Å². The molecule has 0 radical (unpaired) electrons. The van der Waals surface area contributed by atoms with Crippen LogP contribution in [-0.2, 0) is 16.0 Å². The SMILES string of the molecule is CCOC(=O)/C(C)=C1\c2ccccc2CC(C)(C)N1C. The fourth-order valence-corrected chi connectivity index (χ4v) is 2.76. The molecule has 2 rings (SSSR count). The average molecular weight is 273 g/mol. The van der Waals surface area contributed by atoms with E-state index in [4.69, 9.17) is 4.74 Å². The van der Waals surface area contributed by atoms with Crippen molar-refractivity contribution in [3.8, 4) is 0 Å². The predicted octanol–water partition coefficient (Wildman–Crippen LogP) is 3.25. The van der Waals surface area contributed by atoms with Crippen molar-refractivity contribution >= 4 is 11.7 Å². The molecule has 0 saturated carbocycles. The van der Waals surface area contributed by atoms with Crippen LogP contribution in [0.2, 0.25) is 0 Å². The number of fused-ring (bicyclic) bond motifs is 1. The Labute approximate surface area is 121 Å². The van der Waals surface area contributed by atoms with Gasteiger partial charge in [0, 0.05) is 18.2 Å². The maximum atomic E-state index is 12.1. The zero-order valence-corrected chi connectivity index (χ0v) is 13.0. The largest absolute Gasteiger partial charge is 0.463 e. The normalized spacial score (nSPS) is 19.4. The number of benzene rings is 1. The summed E-state index contributed by atoms with van der Waals surface area (Å²) in [6.45, 7) is 8.47. The molecule has 1 aromatic rings. The third kappa shape index (κ3) is 2.45. The Balaban J connectivity index is 2.60. The van der Waals surface area contributed by atoms with Crippen LogP contribution in [0.5, 0.6) is 0 Å². The molecule has 0 atom stereocenters. The van der Waals surface area contributed by atoms with Gasteiger partial charge >= 0.3 is 5.97 Å². The van der Waals surface area contributed by atoms with Gasteiger partial charge in [-0.25, -0.2) is 4.79 Å². The molecule has 0 spiro atoms. The smallest absolute Gasteiger partial charge is 0.335 e. The molecule has 3 nitrogen and oxygen atoms in total. The van der Waals surface area contributed by atoms with Gasteiger partial charge < -0.3 is 9.64 Å². The van der Waals surface area contributed by atoms with Crippen LogP contribution in [0.25, 0.3) is 5.70 Å². The first-order chi connectivity index (χ1) is 9.38. The zero-order chi connectivity index (χ0) is 14.9. The number of hydrogen-bond donors (Lipinski definition) is 0. The lowest BCUT2D eigenvalue weighted by molar-refractivity contribution is -0.138. The minimum Gasteiger partial charge on any atom is -0.463 e. The summed E-state index contributed by atoms with van der Waals surface area (Å²) >= 11 is 0. The van der Waals surface area contributed by atoms with Crippen LogP contribution in [0.3, 0.4) is 0 Å². The van der Waals surface area contributed by atoms with Crippen LogP contribution in [0.4, 0.5) is 0 Å². The van der Waals surface area contributed by atoms with Crippen LogP contribution in [0.15, 0.2) is 29.8 Å². The van der Waals surface area contributed by atoms with Gasteiger partial charge in [0.2, 0.25) is 0 Å². The maximum absolute atomic E-state index is 12.1. The minimum atomic E-state index is -0.234. The lowest BCUT2D eigenvalue weighted by atomic mass is 9.83. The molecule has 1 heterocycles. The lowest BCUT2D eigenvalue weighted by Crippen LogP contribution is -2.45. The summed E-state index contributed by atoms with van der Waals surface area (Å²) in [5.41, 5.74) is 4.07. The first kappa shape index (κ1) is 14.6. The van der Waals surface area contributed by atoms with Crippen LogP contribution in [-0.4, -0.2) is 30.1 Å². The van der Waals surface area contributed by atoms with Gasteiger partial charge in [-0.15, -0.1) is 0 Å². The molecule has 0 amide bonds. The van der Waals surface area contributed by atoms with Crippen LogP contribution >= 0.6 is 0 Å². The second-order valence-electron chi connectivity index (χ2n) is 5.90. The Morgan fingerprint density at radius 2 is 2.00 bits per heavy atom. The van der Waals surface area contributed by atoms with Crippen LogP contribution in [0, 0.1) is 0 Å². The second kappa shape index (κ2) is 5.31. The Hall–Kier alpha value is -1.77. The molecular weight excluding hydrogens is 250 g/mol. The Bertz CT molecular complexity index is 558. The van der Waals surface area contributed by atoms with E-state index in [0.29, 0.717) is 12.2 Å². The summed E-state index contributed by atoms with van der Waals surface area (Å²) in [4.78, 5) is 14.3. The number of hydrogen-bond acceptors (Lipinski definition) is 3. The van der Waals surface area contributed by atoms with Crippen molar-refractivity contribution in [2.75, 3.05) is 13.7 Å². The molecule has 0 bridgehead atoms. The molecule has 3 heteroatoms. The van der Waals surface area contributed by atoms with E-state index in [2.05, 4.69) is 36.9 Å². The van der Waals surface area contributed by atoms with E-state index >= 15 is 0 Å². The quantitative estimate of drug-likeness (QED) is 0.612. The fraction of sp³-hybridized carbons (Fsp3) is 0.471. The summed E-state index contributed by atoms with van der Waals surface area (Å²) < 4.78 is 5.16. The number of ether oxygens (including phenoxy) is 1. The van der Waals surface area contributed by atoms with Gasteiger partial charge in [0.15, 0.2) is 0 Å².